The Balaban J connectivity index is 1.66. The molecule has 0 unspecified atom stereocenters. The first-order chi connectivity index (χ1) is 12.6. The number of thiocarbonyl (C=S) groups is 1. The maximum absolute atomic E-state index is 12.0. The lowest BCUT2D eigenvalue weighted by Crippen LogP contribution is -2.40. The zero-order valence-electron chi connectivity index (χ0n) is 14.7. The number of para-hydroxylation sites is 1. The molecule has 2 rings (SSSR count). The van der Waals surface area contributed by atoms with Gasteiger partial charge in [-0.05, 0) is 29.9 Å². The summed E-state index contributed by atoms with van der Waals surface area (Å²) in [7, 11) is 1.77. The van der Waals surface area contributed by atoms with E-state index in [4.69, 9.17) is 17.0 Å². The summed E-state index contributed by atoms with van der Waals surface area (Å²) >= 11 is 5.22. The molecule has 0 fully saturated rings. The highest BCUT2D eigenvalue weighted by molar-refractivity contribution is 7.80. The Hall–Kier alpha value is -2.73. The van der Waals surface area contributed by atoms with Crippen molar-refractivity contribution in [1.82, 2.24) is 5.32 Å². The third-order valence-corrected chi connectivity index (χ3v) is 4.12. The van der Waals surface area contributed by atoms with Crippen LogP contribution in [-0.4, -0.2) is 30.6 Å². The van der Waals surface area contributed by atoms with E-state index in [9.17, 15) is 9.59 Å². The fourth-order valence-corrected chi connectivity index (χ4v) is 2.47. The fraction of sp³-hybridized carbons (Fsp3) is 0.250. The van der Waals surface area contributed by atoms with Crippen molar-refractivity contribution in [2.45, 2.75) is 19.3 Å². The second kappa shape index (κ2) is 10.3. The van der Waals surface area contributed by atoms with Gasteiger partial charge in [0.15, 0.2) is 5.11 Å². The summed E-state index contributed by atoms with van der Waals surface area (Å²) in [5.41, 5.74) is 1.98. The molecule has 0 heterocycles. The minimum absolute atomic E-state index is 0.0261. The van der Waals surface area contributed by atoms with Gasteiger partial charge in [-0.15, -0.1) is 0 Å². The number of hydrogen-bond donors (Lipinski definition) is 1. The van der Waals surface area contributed by atoms with Crippen molar-refractivity contribution in [3.63, 3.8) is 0 Å². The zero-order valence-corrected chi connectivity index (χ0v) is 15.5. The summed E-state index contributed by atoms with van der Waals surface area (Å²) in [5, 5.41) is 2.92. The lowest BCUT2D eigenvalue weighted by molar-refractivity contribution is -0.144. The topological polar surface area (TPSA) is 58.6 Å². The lowest BCUT2D eigenvalue weighted by Gasteiger charge is -2.20. The monoisotopic (exact) mass is 370 g/mol. The first-order valence-corrected chi connectivity index (χ1v) is 8.79. The second-order valence-corrected chi connectivity index (χ2v) is 6.09. The number of benzene rings is 2. The molecule has 0 atom stereocenters. The van der Waals surface area contributed by atoms with Gasteiger partial charge in [-0.25, -0.2) is 0 Å². The maximum Gasteiger partial charge on any atom is 0.306 e. The molecule has 0 aliphatic heterocycles. The molecule has 0 radical (unpaired) electrons. The molecule has 6 heteroatoms. The van der Waals surface area contributed by atoms with Crippen molar-refractivity contribution < 1.29 is 14.3 Å². The van der Waals surface area contributed by atoms with Crippen LogP contribution in [0.2, 0.25) is 0 Å². The second-order valence-electron chi connectivity index (χ2n) is 5.70. The van der Waals surface area contributed by atoms with Crippen molar-refractivity contribution >= 4 is 34.9 Å². The van der Waals surface area contributed by atoms with E-state index in [0.29, 0.717) is 18.1 Å². The van der Waals surface area contributed by atoms with Gasteiger partial charge in [0.2, 0.25) is 5.91 Å². The van der Waals surface area contributed by atoms with E-state index in [1.807, 2.05) is 60.7 Å². The predicted molar refractivity (Wildman–Crippen MR) is 106 cm³/mol. The summed E-state index contributed by atoms with van der Waals surface area (Å²) < 4.78 is 5.16. The average Bonchev–Trinajstić information content (AvgIpc) is 2.67. The van der Waals surface area contributed by atoms with E-state index in [1.165, 1.54) is 0 Å². The molecule has 0 bridgehead atoms. The Labute approximate surface area is 159 Å². The first-order valence-electron chi connectivity index (χ1n) is 8.38. The Kier molecular flexibility index (Phi) is 7.76. The number of carbonyl (C=O) groups excluding carboxylic acids is 2. The zero-order chi connectivity index (χ0) is 18.8. The van der Waals surface area contributed by atoms with Gasteiger partial charge in [-0.2, -0.15) is 0 Å². The summed E-state index contributed by atoms with van der Waals surface area (Å²) in [6.45, 7) is 0.305. The standard InChI is InChI=1S/C20H22N2O3S/c1-22(17-10-6-3-7-11-17)20(26)21-18(23)12-13-19(24)25-15-14-16-8-4-2-5-9-16/h2-11H,12-15H2,1H3,(H,21,23,26). The van der Waals surface area contributed by atoms with Gasteiger partial charge in [-0.3, -0.25) is 9.59 Å². The molecule has 5 nitrogen and oxygen atoms in total. The van der Waals surface area contributed by atoms with Gasteiger partial charge in [0.05, 0.1) is 13.0 Å². The van der Waals surface area contributed by atoms with Gasteiger partial charge >= 0.3 is 5.97 Å². The number of ether oxygens (including phenoxy) is 1. The van der Waals surface area contributed by atoms with Crippen molar-refractivity contribution in [3.05, 3.63) is 66.2 Å². The van der Waals surface area contributed by atoms with E-state index in [-0.39, 0.29) is 18.7 Å². The van der Waals surface area contributed by atoms with E-state index in [2.05, 4.69) is 5.32 Å². The van der Waals surface area contributed by atoms with Gasteiger partial charge < -0.3 is 15.0 Å². The summed E-state index contributed by atoms with van der Waals surface area (Å²) in [6.07, 6.45) is 0.718. The minimum atomic E-state index is -0.390. The molecular formula is C20H22N2O3S. The normalized spacial score (nSPS) is 10.0. The first kappa shape index (κ1) is 19.6. The molecule has 2 aromatic carbocycles. The van der Waals surface area contributed by atoms with Crippen LogP contribution in [0.3, 0.4) is 0 Å². The SMILES string of the molecule is CN(C(=S)NC(=O)CCC(=O)OCCc1ccccc1)c1ccccc1. The predicted octanol–water partition coefficient (Wildman–Crippen LogP) is 3.09. The molecule has 0 spiro atoms. The van der Waals surface area contributed by atoms with Gasteiger partial charge in [0.25, 0.3) is 0 Å². The number of carbonyl (C=O) groups is 2. The van der Waals surface area contributed by atoms with Crippen LogP contribution in [0.15, 0.2) is 60.7 Å². The number of rotatable bonds is 7. The van der Waals surface area contributed by atoms with E-state index in [0.717, 1.165) is 11.3 Å². The Morgan fingerprint density at radius 1 is 1.00 bits per heavy atom. The molecule has 2 aromatic rings. The number of nitrogens with one attached hydrogen (secondary N) is 1. The van der Waals surface area contributed by atoms with Crippen molar-refractivity contribution in [3.8, 4) is 0 Å². The number of esters is 1. The number of anilines is 1. The third kappa shape index (κ3) is 6.64. The molecule has 136 valence electrons. The number of nitrogens with zero attached hydrogens (tertiary/aromatic N) is 1. The number of hydrogen-bond acceptors (Lipinski definition) is 4. The van der Waals surface area contributed by atoms with Crippen molar-refractivity contribution in [1.29, 1.82) is 0 Å². The van der Waals surface area contributed by atoms with Crippen LogP contribution < -0.4 is 10.2 Å². The molecule has 0 aliphatic carbocycles. The molecule has 26 heavy (non-hydrogen) atoms. The molecular weight excluding hydrogens is 348 g/mol. The average molecular weight is 370 g/mol. The molecule has 0 aliphatic rings. The number of amides is 1. The highest BCUT2D eigenvalue weighted by atomic mass is 32.1. The largest absolute Gasteiger partial charge is 0.465 e. The maximum atomic E-state index is 12.0. The molecule has 0 aromatic heterocycles. The van der Waals surface area contributed by atoms with E-state index >= 15 is 0 Å². The van der Waals surface area contributed by atoms with Crippen LogP contribution in [0.5, 0.6) is 0 Å². The molecule has 1 N–H and O–H groups in total. The smallest absolute Gasteiger partial charge is 0.306 e. The molecule has 1 amide bonds. The van der Waals surface area contributed by atoms with Crippen LogP contribution in [0.1, 0.15) is 18.4 Å². The van der Waals surface area contributed by atoms with Gasteiger partial charge in [0, 0.05) is 25.6 Å². The Morgan fingerprint density at radius 3 is 2.27 bits per heavy atom. The Morgan fingerprint density at radius 2 is 1.62 bits per heavy atom. The highest BCUT2D eigenvalue weighted by Gasteiger charge is 2.12. The van der Waals surface area contributed by atoms with Crippen molar-refractivity contribution in [2.75, 3.05) is 18.6 Å². The van der Waals surface area contributed by atoms with Crippen LogP contribution in [0.25, 0.3) is 0 Å². The quantitative estimate of drug-likeness (QED) is 0.600. The fourth-order valence-electron chi connectivity index (χ4n) is 2.25. The van der Waals surface area contributed by atoms with Crippen LogP contribution in [0, 0.1) is 0 Å². The Bertz CT molecular complexity index is 735. The van der Waals surface area contributed by atoms with Gasteiger partial charge in [-0.1, -0.05) is 48.5 Å². The lowest BCUT2D eigenvalue weighted by atomic mass is 10.2. The molecule has 0 saturated carbocycles. The summed E-state index contributed by atoms with van der Waals surface area (Å²) in [4.78, 5) is 25.4. The van der Waals surface area contributed by atoms with E-state index in [1.54, 1.807) is 11.9 Å². The van der Waals surface area contributed by atoms with Gasteiger partial charge in [0.1, 0.15) is 0 Å². The van der Waals surface area contributed by atoms with Crippen molar-refractivity contribution in [2.24, 2.45) is 0 Å². The third-order valence-electron chi connectivity index (χ3n) is 3.75. The van der Waals surface area contributed by atoms with Crippen LogP contribution in [-0.2, 0) is 20.7 Å². The molecule has 0 saturated heterocycles. The minimum Gasteiger partial charge on any atom is -0.465 e. The van der Waals surface area contributed by atoms with E-state index < -0.39 is 5.97 Å². The summed E-state index contributed by atoms with van der Waals surface area (Å²) in [5.74, 6) is -0.698. The summed E-state index contributed by atoms with van der Waals surface area (Å²) in [6, 6.07) is 19.2. The highest BCUT2D eigenvalue weighted by Crippen LogP contribution is 2.11. The van der Waals surface area contributed by atoms with Crippen LogP contribution in [0.4, 0.5) is 5.69 Å². The van der Waals surface area contributed by atoms with Crippen LogP contribution >= 0.6 is 12.2 Å².